The first-order valence-corrected chi connectivity index (χ1v) is 11.2. The number of amides is 2. The maximum absolute atomic E-state index is 12.3. The number of urea groups is 1. The van der Waals surface area contributed by atoms with Crippen molar-refractivity contribution in [1.29, 1.82) is 0 Å². The van der Waals surface area contributed by atoms with Crippen LogP contribution in [0.15, 0.2) is 30.8 Å². The fourth-order valence-electron chi connectivity index (χ4n) is 3.39. The minimum absolute atomic E-state index is 0.0957. The van der Waals surface area contributed by atoms with Crippen LogP contribution in [0.4, 0.5) is 4.79 Å². The van der Waals surface area contributed by atoms with E-state index in [0.717, 1.165) is 29.7 Å². The van der Waals surface area contributed by atoms with Gasteiger partial charge in [0.05, 0.1) is 5.54 Å². The highest BCUT2D eigenvalue weighted by Crippen LogP contribution is 2.23. The van der Waals surface area contributed by atoms with E-state index in [4.69, 9.17) is 0 Å². The smallest absolute Gasteiger partial charge is 0.315 e. The molecule has 0 spiro atoms. The minimum Gasteiger partial charge on any atom is -0.338 e. The lowest BCUT2D eigenvalue weighted by Crippen LogP contribution is -2.46. The zero-order chi connectivity index (χ0) is 20.8. The number of benzene rings is 1. The van der Waals surface area contributed by atoms with Crippen molar-refractivity contribution >= 4 is 11.6 Å². The highest BCUT2D eigenvalue weighted by molar-refractivity contribution is 5.75. The molecule has 158 valence electrons. The van der Waals surface area contributed by atoms with Crippen molar-refractivity contribution in [3.8, 4) is 0 Å². The van der Waals surface area contributed by atoms with Crippen molar-refractivity contribution in [2.45, 2.75) is 97.4 Å². The first-order chi connectivity index (χ1) is 13.4. The highest BCUT2D eigenvalue weighted by atomic mass is 16.2. The van der Waals surface area contributed by atoms with Gasteiger partial charge in [-0.25, -0.2) is 4.79 Å². The van der Waals surface area contributed by atoms with Crippen LogP contribution in [-0.2, 0) is 5.54 Å². The predicted octanol–water partition coefficient (Wildman–Crippen LogP) is 7.17. The van der Waals surface area contributed by atoms with Crippen LogP contribution in [0.3, 0.4) is 0 Å². The van der Waals surface area contributed by atoms with Gasteiger partial charge in [-0.05, 0) is 44.4 Å². The summed E-state index contributed by atoms with van der Waals surface area (Å²) in [5.41, 5.74) is 2.80. The summed E-state index contributed by atoms with van der Waals surface area (Å²) in [5, 5.41) is 6.10. The molecule has 2 amide bonds. The summed E-state index contributed by atoms with van der Waals surface area (Å²) in [5.74, 6) is 0. The van der Waals surface area contributed by atoms with E-state index in [2.05, 4.69) is 36.3 Å². The lowest BCUT2D eigenvalue weighted by molar-refractivity contribution is 0.229. The highest BCUT2D eigenvalue weighted by Gasteiger charge is 2.22. The number of nitrogens with one attached hydrogen (secondary N) is 2. The second-order valence-electron chi connectivity index (χ2n) is 8.55. The molecule has 3 nitrogen and oxygen atoms in total. The zero-order valence-electron chi connectivity index (χ0n) is 18.7. The van der Waals surface area contributed by atoms with Crippen LogP contribution in [0, 0.1) is 0 Å². The van der Waals surface area contributed by atoms with Crippen molar-refractivity contribution in [1.82, 2.24) is 10.6 Å². The normalized spacial score (nSPS) is 11.3. The first-order valence-electron chi connectivity index (χ1n) is 11.2. The van der Waals surface area contributed by atoms with Gasteiger partial charge in [-0.3, -0.25) is 0 Å². The predicted molar refractivity (Wildman–Crippen MR) is 123 cm³/mol. The first kappa shape index (κ1) is 24.3. The van der Waals surface area contributed by atoms with Crippen molar-refractivity contribution in [3.05, 3.63) is 42.0 Å². The third-order valence-corrected chi connectivity index (χ3v) is 5.32. The second-order valence-corrected chi connectivity index (χ2v) is 8.55. The molecule has 0 atom stereocenters. The van der Waals surface area contributed by atoms with Crippen molar-refractivity contribution in [2.75, 3.05) is 6.54 Å². The Labute approximate surface area is 173 Å². The number of unbranched alkanes of at least 4 members (excludes halogenated alkanes) is 9. The summed E-state index contributed by atoms with van der Waals surface area (Å²) >= 11 is 0. The van der Waals surface area contributed by atoms with Gasteiger partial charge < -0.3 is 10.6 Å². The van der Waals surface area contributed by atoms with Crippen molar-refractivity contribution in [2.24, 2.45) is 0 Å². The molecule has 0 aromatic heterocycles. The Balaban J connectivity index is 2.19. The SMILES string of the molecule is C=C(C)c1cccc(C(C)(C)NC(=O)NCCCCCCCCCCCC)c1. The van der Waals surface area contributed by atoms with Crippen LogP contribution in [0.5, 0.6) is 0 Å². The maximum Gasteiger partial charge on any atom is 0.315 e. The number of hydrogen-bond acceptors (Lipinski definition) is 1. The summed E-state index contributed by atoms with van der Waals surface area (Å²) in [6, 6.07) is 8.12. The molecule has 1 aromatic rings. The number of allylic oxidation sites excluding steroid dienone is 1. The fraction of sp³-hybridized carbons (Fsp3) is 0.640. The molecule has 1 rings (SSSR count). The number of carbonyl (C=O) groups excluding carboxylic acids is 1. The maximum atomic E-state index is 12.3. The molecule has 0 unspecified atom stereocenters. The Morgan fingerprint density at radius 3 is 2.11 bits per heavy atom. The van der Waals surface area contributed by atoms with Crippen LogP contribution in [-0.4, -0.2) is 12.6 Å². The fourth-order valence-corrected chi connectivity index (χ4v) is 3.39. The third-order valence-electron chi connectivity index (χ3n) is 5.32. The number of carbonyl (C=O) groups is 1. The molecular weight excluding hydrogens is 344 g/mol. The molecule has 3 heteroatoms. The number of hydrogen-bond donors (Lipinski definition) is 2. The van der Waals surface area contributed by atoms with Gasteiger partial charge in [0.1, 0.15) is 0 Å². The monoisotopic (exact) mass is 386 g/mol. The lowest BCUT2D eigenvalue weighted by Gasteiger charge is -2.27. The van der Waals surface area contributed by atoms with Gasteiger partial charge in [-0.1, -0.05) is 95.1 Å². The van der Waals surface area contributed by atoms with Crippen LogP contribution >= 0.6 is 0 Å². The molecule has 0 fully saturated rings. The Morgan fingerprint density at radius 1 is 0.964 bits per heavy atom. The van der Waals surface area contributed by atoms with Crippen LogP contribution in [0.25, 0.3) is 5.57 Å². The third kappa shape index (κ3) is 9.96. The zero-order valence-corrected chi connectivity index (χ0v) is 18.7. The average Bonchev–Trinajstić information content (AvgIpc) is 2.65. The average molecular weight is 387 g/mol. The van der Waals surface area contributed by atoms with E-state index in [1.54, 1.807) is 0 Å². The summed E-state index contributed by atoms with van der Waals surface area (Å²) in [4.78, 5) is 12.3. The largest absolute Gasteiger partial charge is 0.338 e. The van der Waals surface area contributed by atoms with Gasteiger partial charge in [0.2, 0.25) is 0 Å². The quantitative estimate of drug-likeness (QED) is 0.327. The van der Waals surface area contributed by atoms with Gasteiger partial charge in [-0.2, -0.15) is 0 Å². The van der Waals surface area contributed by atoms with E-state index in [9.17, 15) is 4.79 Å². The van der Waals surface area contributed by atoms with Gasteiger partial charge in [0.15, 0.2) is 0 Å². The topological polar surface area (TPSA) is 41.1 Å². The molecule has 28 heavy (non-hydrogen) atoms. The molecule has 0 aliphatic carbocycles. The Bertz CT molecular complexity index is 592. The molecule has 0 heterocycles. The summed E-state index contributed by atoms with van der Waals surface area (Å²) in [7, 11) is 0. The molecule has 2 N–H and O–H groups in total. The van der Waals surface area contributed by atoms with Gasteiger partial charge in [0, 0.05) is 6.54 Å². The molecule has 0 bridgehead atoms. The lowest BCUT2D eigenvalue weighted by atomic mass is 9.92. The summed E-state index contributed by atoms with van der Waals surface area (Å²) in [6.07, 6.45) is 13.1. The van der Waals surface area contributed by atoms with Crippen molar-refractivity contribution in [3.63, 3.8) is 0 Å². The molecule has 0 aliphatic rings. The van der Waals surface area contributed by atoms with Gasteiger partial charge in [-0.15, -0.1) is 0 Å². The Morgan fingerprint density at radius 2 is 1.54 bits per heavy atom. The van der Waals surface area contributed by atoms with Crippen LogP contribution in [0.2, 0.25) is 0 Å². The van der Waals surface area contributed by atoms with Gasteiger partial charge >= 0.3 is 6.03 Å². The summed E-state index contributed by atoms with van der Waals surface area (Å²) < 4.78 is 0. The second kappa shape index (κ2) is 13.4. The molecule has 0 aliphatic heterocycles. The van der Waals surface area contributed by atoms with E-state index in [0.29, 0.717) is 0 Å². The minimum atomic E-state index is -0.423. The molecule has 0 saturated carbocycles. The Hall–Kier alpha value is -1.77. The van der Waals surface area contributed by atoms with E-state index in [-0.39, 0.29) is 6.03 Å². The van der Waals surface area contributed by atoms with Crippen molar-refractivity contribution < 1.29 is 4.79 Å². The molecule has 0 saturated heterocycles. The molecule has 1 aromatic carbocycles. The van der Waals surface area contributed by atoms with E-state index < -0.39 is 5.54 Å². The van der Waals surface area contributed by atoms with E-state index in [1.165, 1.54) is 57.8 Å². The Kier molecular flexibility index (Phi) is 11.6. The van der Waals surface area contributed by atoms with Crippen LogP contribution < -0.4 is 10.6 Å². The summed E-state index contributed by atoms with van der Waals surface area (Å²) in [6.45, 7) is 13.1. The van der Waals surface area contributed by atoms with E-state index >= 15 is 0 Å². The molecular formula is C25H42N2O. The van der Waals surface area contributed by atoms with E-state index in [1.807, 2.05) is 32.9 Å². The van der Waals surface area contributed by atoms with Gasteiger partial charge in [0.25, 0.3) is 0 Å². The number of rotatable bonds is 14. The standard InChI is InChI=1S/C25H42N2O/c1-6-7-8-9-10-11-12-13-14-15-19-26-24(28)27-25(4,5)23-18-16-17-22(20-23)21(2)3/h16-18,20H,2,6-15,19H2,1,3-5H3,(H2,26,27,28). The molecule has 0 radical (unpaired) electrons. The van der Waals surface area contributed by atoms with Crippen LogP contribution in [0.1, 0.15) is 103 Å².